The summed E-state index contributed by atoms with van der Waals surface area (Å²) in [5.74, 6) is 1.75. The minimum atomic E-state index is -0.278. The molecule has 1 aromatic carbocycles. The third-order valence-electron chi connectivity index (χ3n) is 5.18. The van der Waals surface area contributed by atoms with E-state index < -0.39 is 0 Å². The van der Waals surface area contributed by atoms with Gasteiger partial charge in [-0.15, -0.1) is 0 Å². The second-order valence-corrected chi connectivity index (χ2v) is 6.71. The van der Waals surface area contributed by atoms with Crippen LogP contribution in [0.2, 0.25) is 0 Å². The number of hydrogen-bond acceptors (Lipinski definition) is 3. The topological polar surface area (TPSA) is 35.0 Å². The fraction of sp³-hybridized carbons (Fsp3) is 0.500. The number of nitrogens with zero attached hydrogens (tertiary/aromatic N) is 2. The monoisotopic (exact) mass is 328 g/mol. The number of halogens is 1. The average molecular weight is 328 g/mol. The Bertz CT molecular complexity index is 664. The largest absolute Gasteiger partial charge is 0.380 e. The van der Waals surface area contributed by atoms with E-state index in [9.17, 15) is 4.39 Å². The van der Waals surface area contributed by atoms with Crippen LogP contribution in [0.1, 0.15) is 56.1 Å². The minimum Gasteiger partial charge on any atom is -0.380 e. The molecule has 0 unspecified atom stereocenters. The molecule has 1 fully saturated rings. The second kappa shape index (κ2) is 7.84. The number of ether oxygens (including phenoxy) is 1. The third kappa shape index (κ3) is 3.81. The molecule has 0 amide bonds. The van der Waals surface area contributed by atoms with E-state index in [1.165, 1.54) is 43.7 Å². The van der Waals surface area contributed by atoms with E-state index in [2.05, 4.69) is 16.9 Å². The molecule has 0 bridgehead atoms. The van der Waals surface area contributed by atoms with E-state index in [0.29, 0.717) is 22.9 Å². The van der Waals surface area contributed by atoms with Crippen molar-refractivity contribution in [2.24, 2.45) is 5.92 Å². The molecule has 1 heterocycles. The summed E-state index contributed by atoms with van der Waals surface area (Å²) in [6.07, 6.45) is 10.2. The van der Waals surface area contributed by atoms with Gasteiger partial charge >= 0.3 is 0 Å². The minimum absolute atomic E-state index is 0.270. The molecule has 2 aromatic rings. The molecule has 3 rings (SSSR count). The van der Waals surface area contributed by atoms with Crippen LogP contribution in [0.15, 0.2) is 30.6 Å². The zero-order chi connectivity index (χ0) is 16.9. The van der Waals surface area contributed by atoms with Crippen LogP contribution in [-0.2, 0) is 11.3 Å². The summed E-state index contributed by atoms with van der Waals surface area (Å²) in [5, 5.41) is 0. The average Bonchev–Trinajstić information content (AvgIpc) is 2.64. The molecule has 0 spiro atoms. The van der Waals surface area contributed by atoms with Gasteiger partial charge in [-0.25, -0.2) is 14.4 Å². The zero-order valence-corrected chi connectivity index (χ0v) is 14.5. The first-order valence-corrected chi connectivity index (χ1v) is 8.81. The smallest absolute Gasteiger partial charge is 0.159 e. The van der Waals surface area contributed by atoms with Gasteiger partial charge in [0, 0.05) is 30.6 Å². The Morgan fingerprint density at radius 3 is 2.42 bits per heavy atom. The standard InChI is InChI=1S/C20H25FN2O/c1-3-14-4-6-15(7-5-14)18-11-22-20(23-12-18)16-8-9-17(13-24-2)19(21)10-16/h8-12,14-15H,3-7,13H2,1-2H3. The lowest BCUT2D eigenvalue weighted by atomic mass is 9.78. The number of aromatic nitrogens is 2. The van der Waals surface area contributed by atoms with Crippen molar-refractivity contribution < 1.29 is 9.13 Å². The lowest BCUT2D eigenvalue weighted by Crippen LogP contribution is -2.13. The predicted octanol–water partition coefficient (Wildman–Crippen LogP) is 5.11. The van der Waals surface area contributed by atoms with Crippen LogP contribution in [0.25, 0.3) is 11.4 Å². The summed E-state index contributed by atoms with van der Waals surface area (Å²) < 4.78 is 19.0. The van der Waals surface area contributed by atoms with Crippen LogP contribution in [0.3, 0.4) is 0 Å². The molecule has 128 valence electrons. The van der Waals surface area contributed by atoms with Gasteiger partial charge in [-0.2, -0.15) is 0 Å². The van der Waals surface area contributed by atoms with Gasteiger partial charge in [0.15, 0.2) is 5.82 Å². The lowest BCUT2D eigenvalue weighted by molar-refractivity contribution is 0.181. The summed E-state index contributed by atoms with van der Waals surface area (Å²) >= 11 is 0. The maximum absolute atomic E-state index is 14.0. The number of rotatable bonds is 5. The Balaban J connectivity index is 1.71. The Hall–Kier alpha value is -1.81. The molecule has 0 atom stereocenters. The van der Waals surface area contributed by atoms with Crippen molar-refractivity contribution in [1.29, 1.82) is 0 Å². The van der Waals surface area contributed by atoms with Crippen LogP contribution in [0.4, 0.5) is 4.39 Å². The van der Waals surface area contributed by atoms with Gasteiger partial charge in [-0.3, -0.25) is 0 Å². The molecule has 24 heavy (non-hydrogen) atoms. The van der Waals surface area contributed by atoms with E-state index in [0.717, 1.165) is 5.92 Å². The molecule has 1 aliphatic rings. The summed E-state index contributed by atoms with van der Waals surface area (Å²) in [4.78, 5) is 8.94. The maximum Gasteiger partial charge on any atom is 0.159 e. The SMILES string of the molecule is CCC1CCC(c2cnc(-c3ccc(COC)c(F)c3)nc2)CC1. The molecule has 0 radical (unpaired) electrons. The van der Waals surface area contributed by atoms with Crippen molar-refractivity contribution >= 4 is 0 Å². The highest BCUT2D eigenvalue weighted by Crippen LogP contribution is 2.36. The van der Waals surface area contributed by atoms with E-state index in [1.54, 1.807) is 13.2 Å². The van der Waals surface area contributed by atoms with Gasteiger partial charge in [-0.05, 0) is 49.1 Å². The molecule has 1 aliphatic carbocycles. The molecule has 0 aliphatic heterocycles. The Kier molecular flexibility index (Phi) is 5.56. The summed E-state index contributed by atoms with van der Waals surface area (Å²) in [6.45, 7) is 2.55. The fourth-order valence-corrected chi connectivity index (χ4v) is 3.56. The van der Waals surface area contributed by atoms with Gasteiger partial charge in [0.1, 0.15) is 5.82 Å². The molecule has 0 saturated heterocycles. The highest BCUT2D eigenvalue weighted by molar-refractivity contribution is 5.55. The van der Waals surface area contributed by atoms with Crippen molar-refractivity contribution in [3.8, 4) is 11.4 Å². The molecular formula is C20H25FN2O. The first-order valence-electron chi connectivity index (χ1n) is 8.81. The Labute approximate surface area is 143 Å². The number of methoxy groups -OCH3 is 1. The van der Waals surface area contributed by atoms with Gasteiger partial charge in [0.25, 0.3) is 0 Å². The van der Waals surface area contributed by atoms with Gasteiger partial charge in [-0.1, -0.05) is 25.5 Å². The summed E-state index contributed by atoms with van der Waals surface area (Å²) in [5.41, 5.74) is 2.46. The van der Waals surface area contributed by atoms with Crippen molar-refractivity contribution in [2.75, 3.05) is 7.11 Å². The van der Waals surface area contributed by atoms with Crippen LogP contribution < -0.4 is 0 Å². The van der Waals surface area contributed by atoms with Crippen molar-refractivity contribution in [3.05, 3.63) is 47.5 Å². The summed E-state index contributed by atoms with van der Waals surface area (Å²) in [7, 11) is 1.56. The highest BCUT2D eigenvalue weighted by Gasteiger charge is 2.21. The van der Waals surface area contributed by atoms with E-state index in [4.69, 9.17) is 4.74 Å². The molecule has 1 aromatic heterocycles. The fourth-order valence-electron chi connectivity index (χ4n) is 3.56. The quantitative estimate of drug-likeness (QED) is 0.765. The van der Waals surface area contributed by atoms with E-state index in [-0.39, 0.29) is 12.4 Å². The van der Waals surface area contributed by atoms with Crippen molar-refractivity contribution in [2.45, 2.75) is 51.6 Å². The second-order valence-electron chi connectivity index (χ2n) is 6.71. The van der Waals surface area contributed by atoms with Crippen molar-refractivity contribution in [1.82, 2.24) is 9.97 Å². The Morgan fingerprint density at radius 1 is 1.12 bits per heavy atom. The van der Waals surface area contributed by atoms with Crippen molar-refractivity contribution in [3.63, 3.8) is 0 Å². The molecule has 0 N–H and O–H groups in total. The molecule has 4 heteroatoms. The zero-order valence-electron chi connectivity index (χ0n) is 14.5. The molecular weight excluding hydrogens is 303 g/mol. The van der Waals surface area contributed by atoms with E-state index in [1.807, 2.05) is 18.5 Å². The van der Waals surface area contributed by atoms with Crippen LogP contribution in [0, 0.1) is 11.7 Å². The van der Waals surface area contributed by atoms with Gasteiger partial charge in [0.2, 0.25) is 0 Å². The van der Waals surface area contributed by atoms with Crippen LogP contribution >= 0.6 is 0 Å². The van der Waals surface area contributed by atoms with E-state index >= 15 is 0 Å². The number of benzene rings is 1. The lowest BCUT2D eigenvalue weighted by Gasteiger charge is -2.27. The first kappa shape index (κ1) is 17.0. The predicted molar refractivity (Wildman–Crippen MR) is 93.1 cm³/mol. The highest BCUT2D eigenvalue weighted by atomic mass is 19.1. The first-order chi connectivity index (χ1) is 11.7. The van der Waals surface area contributed by atoms with Crippen LogP contribution in [0.5, 0.6) is 0 Å². The number of hydrogen-bond donors (Lipinski definition) is 0. The van der Waals surface area contributed by atoms with Crippen LogP contribution in [-0.4, -0.2) is 17.1 Å². The maximum atomic E-state index is 14.0. The molecule has 3 nitrogen and oxygen atoms in total. The third-order valence-corrected chi connectivity index (χ3v) is 5.18. The Morgan fingerprint density at radius 2 is 1.83 bits per heavy atom. The normalized spacial score (nSPS) is 21.0. The molecule has 1 saturated carbocycles. The van der Waals surface area contributed by atoms with Gasteiger partial charge in [0.05, 0.1) is 6.61 Å². The van der Waals surface area contributed by atoms with Gasteiger partial charge < -0.3 is 4.74 Å². The summed E-state index contributed by atoms with van der Waals surface area (Å²) in [6, 6.07) is 5.06.